The normalized spacial score (nSPS) is 9.94. The van der Waals surface area contributed by atoms with E-state index in [1.807, 2.05) is 18.0 Å². The van der Waals surface area contributed by atoms with Crippen molar-refractivity contribution in [3.05, 3.63) is 28.7 Å². The van der Waals surface area contributed by atoms with Gasteiger partial charge in [0.2, 0.25) is 0 Å². The van der Waals surface area contributed by atoms with Crippen LogP contribution in [0.2, 0.25) is 0 Å². The van der Waals surface area contributed by atoms with Gasteiger partial charge in [-0.25, -0.2) is 0 Å². The zero-order valence-electron chi connectivity index (χ0n) is 10.3. The number of hydrogen-bond acceptors (Lipinski definition) is 5. The first-order valence-electron chi connectivity index (χ1n) is 5.53. The third-order valence-corrected chi connectivity index (χ3v) is 2.60. The number of nitrogens with zero attached hydrogens (tertiary/aromatic N) is 1. The Morgan fingerprint density at radius 1 is 1.17 bits per heavy atom. The Morgan fingerprint density at radius 2 is 1.72 bits per heavy atom. The summed E-state index contributed by atoms with van der Waals surface area (Å²) in [5.74, 6) is 0. The van der Waals surface area contributed by atoms with E-state index in [4.69, 9.17) is 20.3 Å². The van der Waals surface area contributed by atoms with Crippen molar-refractivity contribution in [2.75, 3.05) is 33.4 Å². The van der Waals surface area contributed by atoms with E-state index in [-0.39, 0.29) is 13.2 Å². The van der Waals surface area contributed by atoms with Crippen LogP contribution >= 0.6 is 15.9 Å². The molecule has 0 radical (unpaired) electrons. The second-order valence-electron chi connectivity index (χ2n) is 3.68. The van der Waals surface area contributed by atoms with Crippen LogP contribution in [0.25, 0.3) is 0 Å². The van der Waals surface area contributed by atoms with E-state index in [1.165, 1.54) is 0 Å². The van der Waals surface area contributed by atoms with Gasteiger partial charge in [0.05, 0.1) is 13.2 Å². The topological polar surface area (TPSA) is 84.2 Å². The van der Waals surface area contributed by atoms with Crippen LogP contribution in [0.3, 0.4) is 0 Å². The van der Waals surface area contributed by atoms with Gasteiger partial charge in [0.15, 0.2) is 0 Å². The highest BCUT2D eigenvalue weighted by atomic mass is 79.9. The van der Waals surface area contributed by atoms with E-state index in [2.05, 4.69) is 15.9 Å². The average Bonchev–Trinajstić information content (AvgIpc) is 2.30. The molecule has 0 saturated carbocycles. The monoisotopic (exact) mass is 319 g/mol. The largest absolute Gasteiger partial charge is 0.488 e. The Labute approximate surface area is 116 Å². The van der Waals surface area contributed by atoms with Crippen LogP contribution in [-0.2, 0) is 0 Å². The third-order valence-electron chi connectivity index (χ3n) is 2.11. The predicted molar refractivity (Wildman–Crippen MR) is 75.6 cm³/mol. The molecule has 18 heavy (non-hydrogen) atoms. The Hall–Kier alpha value is -0.435. The second kappa shape index (κ2) is 10.5. The smallest absolute Gasteiger partial charge is 0.423 e. The van der Waals surface area contributed by atoms with Gasteiger partial charge in [0, 0.05) is 17.6 Å². The Bertz CT molecular complexity index is 322. The summed E-state index contributed by atoms with van der Waals surface area (Å²) >= 11 is 3.21. The predicted octanol–water partition coefficient (Wildman–Crippen LogP) is -0.968. The van der Waals surface area contributed by atoms with Gasteiger partial charge in [0.25, 0.3) is 0 Å². The van der Waals surface area contributed by atoms with Gasteiger partial charge in [-0.1, -0.05) is 28.1 Å². The average molecular weight is 320 g/mol. The first kappa shape index (κ1) is 17.6. The minimum absolute atomic E-state index is 0.163. The van der Waals surface area contributed by atoms with Gasteiger partial charge in [-0.2, -0.15) is 0 Å². The van der Waals surface area contributed by atoms with Crippen LogP contribution in [0.5, 0.6) is 0 Å². The quantitative estimate of drug-likeness (QED) is 0.525. The first-order chi connectivity index (χ1) is 8.51. The maximum atomic E-state index is 8.68. The van der Waals surface area contributed by atoms with E-state index in [1.54, 1.807) is 18.2 Å². The molecule has 0 atom stereocenters. The van der Waals surface area contributed by atoms with Crippen LogP contribution in [0.4, 0.5) is 0 Å². The van der Waals surface area contributed by atoms with Crippen LogP contribution in [-0.4, -0.2) is 65.6 Å². The summed E-state index contributed by atoms with van der Waals surface area (Å²) in [6.07, 6.45) is 0. The van der Waals surface area contributed by atoms with Crippen molar-refractivity contribution in [3.63, 3.8) is 0 Å². The molecule has 0 saturated heterocycles. The molecule has 0 aliphatic rings. The fourth-order valence-corrected chi connectivity index (χ4v) is 1.54. The molecule has 0 heterocycles. The van der Waals surface area contributed by atoms with Crippen molar-refractivity contribution in [2.45, 2.75) is 0 Å². The molecule has 0 aromatic heterocycles. The Balaban J connectivity index is 0.000000331. The summed E-state index contributed by atoms with van der Waals surface area (Å²) in [4.78, 5) is 1.86. The number of aliphatic hydroxyl groups is 2. The molecule has 4 N–H and O–H groups in total. The third kappa shape index (κ3) is 8.63. The molecular formula is C11H19BBrNO4. The number of rotatable bonds is 5. The molecule has 1 aromatic carbocycles. The van der Waals surface area contributed by atoms with Gasteiger partial charge in [-0.3, -0.25) is 0 Å². The zero-order chi connectivity index (χ0) is 14.0. The highest BCUT2D eigenvalue weighted by Crippen LogP contribution is 2.04. The van der Waals surface area contributed by atoms with Crippen LogP contribution in [0, 0.1) is 0 Å². The fraction of sp³-hybridized carbons (Fsp3) is 0.455. The Kier molecular flexibility index (Phi) is 10.2. The van der Waals surface area contributed by atoms with Gasteiger partial charge in [0.1, 0.15) is 0 Å². The van der Waals surface area contributed by atoms with E-state index in [0.29, 0.717) is 18.6 Å². The van der Waals surface area contributed by atoms with Crippen molar-refractivity contribution in [1.82, 2.24) is 4.90 Å². The van der Waals surface area contributed by atoms with Crippen molar-refractivity contribution < 1.29 is 20.3 Å². The van der Waals surface area contributed by atoms with E-state index < -0.39 is 7.12 Å². The molecule has 0 fully saturated rings. The Morgan fingerprint density at radius 3 is 2.06 bits per heavy atom. The van der Waals surface area contributed by atoms with Crippen LogP contribution < -0.4 is 5.46 Å². The molecular weight excluding hydrogens is 301 g/mol. The van der Waals surface area contributed by atoms with Crippen molar-refractivity contribution in [1.29, 1.82) is 0 Å². The van der Waals surface area contributed by atoms with Crippen molar-refractivity contribution in [2.24, 2.45) is 0 Å². The molecule has 102 valence electrons. The van der Waals surface area contributed by atoms with Crippen LogP contribution in [0.15, 0.2) is 28.7 Å². The van der Waals surface area contributed by atoms with E-state index in [0.717, 1.165) is 4.47 Å². The highest BCUT2D eigenvalue weighted by Gasteiger charge is 2.09. The van der Waals surface area contributed by atoms with Crippen molar-refractivity contribution >= 4 is 28.5 Å². The maximum Gasteiger partial charge on any atom is 0.488 e. The highest BCUT2D eigenvalue weighted by molar-refractivity contribution is 9.10. The van der Waals surface area contributed by atoms with E-state index in [9.17, 15) is 0 Å². The number of benzene rings is 1. The molecule has 0 bridgehead atoms. The molecule has 0 aliphatic carbocycles. The molecule has 1 aromatic rings. The first-order valence-corrected chi connectivity index (χ1v) is 6.32. The summed E-state index contributed by atoms with van der Waals surface area (Å²) in [6.45, 7) is 1.61. The summed E-state index contributed by atoms with van der Waals surface area (Å²) in [6, 6.07) is 6.88. The molecule has 0 unspecified atom stereocenters. The molecule has 1 rings (SSSR count). The summed E-state index contributed by atoms with van der Waals surface area (Å²) in [7, 11) is 0.476. The number of aliphatic hydroxyl groups excluding tert-OH is 2. The lowest BCUT2D eigenvalue weighted by Gasteiger charge is -2.11. The minimum atomic E-state index is -1.38. The summed E-state index contributed by atoms with van der Waals surface area (Å²) < 4.78 is 0.845. The standard InChI is InChI=1S/C6H6BBrO2.C5H13NO2/c8-6-3-1-2-5(4-6)7(9)10;1-6(2-4-7)3-5-8/h1-4,9-10H;7-8H,2-5H2,1H3. The van der Waals surface area contributed by atoms with Gasteiger partial charge < -0.3 is 25.2 Å². The number of likely N-dealkylation sites (N-methyl/N-ethyl adjacent to an activating group) is 1. The summed E-state index contributed by atoms with van der Waals surface area (Å²) in [5, 5.41) is 34.0. The van der Waals surface area contributed by atoms with E-state index >= 15 is 0 Å². The lowest BCUT2D eigenvalue weighted by atomic mass is 9.81. The minimum Gasteiger partial charge on any atom is -0.423 e. The molecule has 0 spiro atoms. The number of hydrogen-bond donors (Lipinski definition) is 4. The second-order valence-corrected chi connectivity index (χ2v) is 4.59. The van der Waals surface area contributed by atoms with Crippen LogP contribution in [0.1, 0.15) is 0 Å². The van der Waals surface area contributed by atoms with Gasteiger partial charge in [-0.05, 0) is 24.6 Å². The molecule has 5 nitrogen and oxygen atoms in total. The molecule has 0 aliphatic heterocycles. The van der Waals surface area contributed by atoms with Crippen molar-refractivity contribution in [3.8, 4) is 0 Å². The molecule has 0 amide bonds. The lowest BCUT2D eigenvalue weighted by molar-refractivity contribution is 0.184. The fourth-order valence-electron chi connectivity index (χ4n) is 1.12. The summed E-state index contributed by atoms with van der Waals surface area (Å²) in [5.41, 5.74) is 0.495. The zero-order valence-corrected chi connectivity index (χ0v) is 11.9. The number of halogens is 1. The van der Waals surface area contributed by atoms with Gasteiger partial charge in [-0.15, -0.1) is 0 Å². The van der Waals surface area contributed by atoms with Gasteiger partial charge >= 0.3 is 7.12 Å². The maximum absolute atomic E-state index is 8.68. The lowest BCUT2D eigenvalue weighted by Crippen LogP contribution is -2.29. The SMILES string of the molecule is CN(CCO)CCO.OB(O)c1cccc(Br)c1. The molecule has 7 heteroatoms.